The molecule has 1 atom stereocenters. The van der Waals surface area contributed by atoms with Crippen molar-refractivity contribution in [3.63, 3.8) is 0 Å². The molecule has 0 radical (unpaired) electrons. The summed E-state index contributed by atoms with van der Waals surface area (Å²) in [4.78, 5) is 2.42. The molecule has 1 aliphatic carbocycles. The highest BCUT2D eigenvalue weighted by Gasteiger charge is 2.30. The molecule has 1 saturated carbocycles. The number of para-hydroxylation sites is 1. The first-order valence-corrected chi connectivity index (χ1v) is 6.73. The van der Waals surface area contributed by atoms with E-state index >= 15 is 0 Å². The van der Waals surface area contributed by atoms with E-state index in [9.17, 15) is 0 Å². The van der Waals surface area contributed by atoms with E-state index in [-0.39, 0.29) is 0 Å². The molecule has 0 aliphatic heterocycles. The first-order chi connectivity index (χ1) is 7.24. The molecule has 1 fully saturated rings. The summed E-state index contributed by atoms with van der Waals surface area (Å²) in [5, 5.41) is 0.935. The van der Waals surface area contributed by atoms with Crippen LogP contribution in [0, 0.1) is 5.92 Å². The molecule has 0 saturated heterocycles. The maximum absolute atomic E-state index is 3.55. The summed E-state index contributed by atoms with van der Waals surface area (Å²) in [6.07, 6.45) is 2.81. The minimum atomic E-state index is 0.671. The average Bonchev–Trinajstić information content (AvgIpc) is 3.11. The van der Waals surface area contributed by atoms with Crippen molar-refractivity contribution in [3.8, 4) is 0 Å². The predicted molar refractivity (Wildman–Crippen MR) is 69.7 cm³/mol. The largest absolute Gasteiger partial charge is 0.371 e. The molecule has 1 aromatic rings. The molecule has 1 aliphatic rings. The summed E-state index contributed by atoms with van der Waals surface area (Å²) in [5.41, 5.74) is 2.75. The van der Waals surface area contributed by atoms with E-state index in [0.717, 1.165) is 11.2 Å². The Morgan fingerprint density at radius 2 is 2.07 bits per heavy atom. The van der Waals surface area contributed by atoms with Crippen molar-refractivity contribution in [3.05, 3.63) is 29.8 Å². The Balaban J connectivity index is 2.19. The molecular weight excluding hydrogens is 250 g/mol. The van der Waals surface area contributed by atoms with Crippen LogP contribution in [-0.4, -0.2) is 13.1 Å². The van der Waals surface area contributed by atoms with E-state index in [2.05, 4.69) is 59.1 Å². The maximum atomic E-state index is 3.55. The van der Waals surface area contributed by atoms with Gasteiger partial charge >= 0.3 is 0 Å². The van der Waals surface area contributed by atoms with Crippen molar-refractivity contribution in [2.75, 3.05) is 11.9 Å². The zero-order chi connectivity index (χ0) is 10.8. The van der Waals surface area contributed by atoms with Crippen LogP contribution in [0.25, 0.3) is 0 Å². The number of rotatable bonds is 4. The van der Waals surface area contributed by atoms with Gasteiger partial charge in [0.15, 0.2) is 0 Å². The molecule has 0 amide bonds. The number of hydrogen-bond donors (Lipinski definition) is 0. The van der Waals surface area contributed by atoms with Crippen LogP contribution in [-0.2, 0) is 5.33 Å². The smallest absolute Gasteiger partial charge is 0.0407 e. The van der Waals surface area contributed by atoms with Crippen molar-refractivity contribution in [2.45, 2.75) is 31.1 Å². The molecule has 2 heteroatoms. The van der Waals surface area contributed by atoms with Gasteiger partial charge in [-0.3, -0.25) is 0 Å². The van der Waals surface area contributed by atoms with Crippen molar-refractivity contribution in [1.82, 2.24) is 0 Å². The third kappa shape index (κ3) is 2.36. The highest BCUT2D eigenvalue weighted by atomic mass is 79.9. The van der Waals surface area contributed by atoms with Crippen LogP contribution in [0.1, 0.15) is 25.3 Å². The molecule has 0 heterocycles. The predicted octanol–water partition coefficient (Wildman–Crippen LogP) is 3.82. The molecule has 1 unspecified atom stereocenters. The van der Waals surface area contributed by atoms with Gasteiger partial charge in [-0.05, 0) is 37.3 Å². The molecule has 0 aromatic heterocycles. The number of nitrogens with zero attached hydrogens (tertiary/aromatic N) is 1. The van der Waals surface area contributed by atoms with Crippen LogP contribution in [0.3, 0.4) is 0 Å². The Hall–Kier alpha value is -0.500. The second-order valence-corrected chi connectivity index (χ2v) is 5.01. The monoisotopic (exact) mass is 267 g/mol. The number of anilines is 1. The molecule has 0 bridgehead atoms. The van der Waals surface area contributed by atoms with Gasteiger partial charge < -0.3 is 4.90 Å². The number of benzene rings is 1. The lowest BCUT2D eigenvalue weighted by molar-refractivity contribution is 0.608. The van der Waals surface area contributed by atoms with Gasteiger partial charge in [-0.1, -0.05) is 34.1 Å². The van der Waals surface area contributed by atoms with E-state index in [1.54, 1.807) is 0 Å². The van der Waals surface area contributed by atoms with Gasteiger partial charge in [0, 0.05) is 24.1 Å². The van der Waals surface area contributed by atoms with Gasteiger partial charge in [0.25, 0.3) is 0 Å². The molecule has 1 aromatic carbocycles. The van der Waals surface area contributed by atoms with E-state index < -0.39 is 0 Å². The van der Waals surface area contributed by atoms with Crippen molar-refractivity contribution >= 4 is 21.6 Å². The SMILES string of the molecule is CC(C1CC1)N(C)c1ccccc1CBr. The normalized spacial score (nSPS) is 17.5. The Morgan fingerprint density at radius 1 is 1.40 bits per heavy atom. The Labute approximate surface area is 101 Å². The average molecular weight is 268 g/mol. The van der Waals surface area contributed by atoms with Crippen molar-refractivity contribution < 1.29 is 0 Å². The highest BCUT2D eigenvalue weighted by Crippen LogP contribution is 2.37. The quantitative estimate of drug-likeness (QED) is 0.750. The Kier molecular flexibility index (Phi) is 3.35. The third-order valence-corrected chi connectivity index (χ3v) is 4.03. The molecule has 82 valence electrons. The fourth-order valence-corrected chi connectivity index (χ4v) is 2.56. The lowest BCUT2D eigenvalue weighted by Gasteiger charge is -2.28. The Bertz CT molecular complexity index is 333. The fourth-order valence-electron chi connectivity index (χ4n) is 2.08. The Morgan fingerprint density at radius 3 is 2.67 bits per heavy atom. The van der Waals surface area contributed by atoms with Crippen LogP contribution < -0.4 is 4.90 Å². The van der Waals surface area contributed by atoms with Crippen LogP contribution in [0.2, 0.25) is 0 Å². The molecule has 2 rings (SSSR count). The highest BCUT2D eigenvalue weighted by molar-refractivity contribution is 9.08. The van der Waals surface area contributed by atoms with Gasteiger partial charge in [0.1, 0.15) is 0 Å². The first-order valence-electron chi connectivity index (χ1n) is 5.60. The van der Waals surface area contributed by atoms with Crippen LogP contribution in [0.5, 0.6) is 0 Å². The fraction of sp³-hybridized carbons (Fsp3) is 0.538. The van der Waals surface area contributed by atoms with E-state index in [1.807, 2.05) is 0 Å². The maximum Gasteiger partial charge on any atom is 0.0407 e. The summed E-state index contributed by atoms with van der Waals surface area (Å²) in [5.74, 6) is 0.915. The molecule has 1 nitrogen and oxygen atoms in total. The van der Waals surface area contributed by atoms with Crippen LogP contribution >= 0.6 is 15.9 Å². The number of hydrogen-bond acceptors (Lipinski definition) is 1. The van der Waals surface area contributed by atoms with Gasteiger partial charge in [-0.15, -0.1) is 0 Å². The standard InChI is InChI=1S/C13H18BrN/c1-10(11-7-8-11)15(2)13-6-4-3-5-12(13)9-14/h3-6,10-11H,7-9H2,1-2H3. The zero-order valence-corrected chi connectivity index (χ0v) is 11.0. The molecule has 15 heavy (non-hydrogen) atoms. The summed E-state index contributed by atoms with van der Waals surface area (Å²) in [7, 11) is 2.21. The van der Waals surface area contributed by atoms with Crippen molar-refractivity contribution in [1.29, 1.82) is 0 Å². The van der Waals surface area contributed by atoms with E-state index in [1.165, 1.54) is 24.1 Å². The lowest BCUT2D eigenvalue weighted by atomic mass is 10.1. The van der Waals surface area contributed by atoms with Crippen molar-refractivity contribution in [2.24, 2.45) is 5.92 Å². The van der Waals surface area contributed by atoms with E-state index in [4.69, 9.17) is 0 Å². The lowest BCUT2D eigenvalue weighted by Crippen LogP contribution is -2.31. The molecule has 0 spiro atoms. The summed E-state index contributed by atoms with van der Waals surface area (Å²) >= 11 is 3.55. The second kappa shape index (κ2) is 4.56. The van der Waals surface area contributed by atoms with Crippen LogP contribution in [0.15, 0.2) is 24.3 Å². The van der Waals surface area contributed by atoms with Gasteiger partial charge in [0.2, 0.25) is 0 Å². The van der Waals surface area contributed by atoms with E-state index in [0.29, 0.717) is 6.04 Å². The van der Waals surface area contributed by atoms with Gasteiger partial charge in [0.05, 0.1) is 0 Å². The number of alkyl halides is 1. The van der Waals surface area contributed by atoms with Crippen LogP contribution in [0.4, 0.5) is 5.69 Å². The number of halogens is 1. The third-order valence-electron chi connectivity index (χ3n) is 3.43. The molecular formula is C13H18BrN. The summed E-state index contributed by atoms with van der Waals surface area (Å²) in [6, 6.07) is 9.31. The van der Waals surface area contributed by atoms with Gasteiger partial charge in [-0.2, -0.15) is 0 Å². The first kappa shape index (κ1) is 11.0. The zero-order valence-electron chi connectivity index (χ0n) is 9.41. The topological polar surface area (TPSA) is 3.24 Å². The summed E-state index contributed by atoms with van der Waals surface area (Å²) < 4.78 is 0. The molecule has 0 N–H and O–H groups in total. The minimum Gasteiger partial charge on any atom is -0.371 e. The van der Waals surface area contributed by atoms with Gasteiger partial charge in [-0.25, -0.2) is 0 Å². The second-order valence-electron chi connectivity index (χ2n) is 4.45. The minimum absolute atomic E-state index is 0.671. The summed E-state index contributed by atoms with van der Waals surface area (Å²) in [6.45, 7) is 2.34.